The molecular weight excluding hydrogens is 352 g/mol. The minimum Gasteiger partial charge on any atom is -0.484 e. The second kappa shape index (κ2) is 9.94. The average molecular weight is 376 g/mol. The Bertz CT molecular complexity index is 790. The number of hydrogen-bond donors (Lipinski definition) is 2. The molecule has 6 nitrogen and oxygen atoms in total. The highest BCUT2D eigenvalue weighted by molar-refractivity contribution is 7.89. The van der Waals surface area contributed by atoms with Crippen molar-refractivity contribution in [2.45, 2.75) is 31.2 Å². The van der Waals surface area contributed by atoms with Gasteiger partial charge in [-0.3, -0.25) is 4.79 Å². The Morgan fingerprint density at radius 3 is 2.38 bits per heavy atom. The summed E-state index contributed by atoms with van der Waals surface area (Å²) in [6.45, 7) is 2.71. The molecule has 0 saturated heterocycles. The number of carbonyl (C=O) groups excluding carboxylic acids is 1. The van der Waals surface area contributed by atoms with E-state index in [1.165, 1.54) is 12.1 Å². The Balaban J connectivity index is 1.80. The van der Waals surface area contributed by atoms with Crippen LogP contribution in [0, 0.1) is 0 Å². The molecular formula is C19H24N2O4S. The molecule has 26 heavy (non-hydrogen) atoms. The first-order valence-corrected chi connectivity index (χ1v) is 10.0. The Labute approximate surface area is 154 Å². The van der Waals surface area contributed by atoms with Crippen LogP contribution in [-0.2, 0) is 21.4 Å². The van der Waals surface area contributed by atoms with E-state index in [0.717, 1.165) is 18.4 Å². The molecule has 1 amide bonds. The number of carbonyl (C=O) groups is 1. The normalized spacial score (nSPS) is 11.1. The zero-order valence-electron chi connectivity index (χ0n) is 14.8. The number of sulfonamides is 1. The Morgan fingerprint density at radius 1 is 1.04 bits per heavy atom. The van der Waals surface area contributed by atoms with E-state index in [9.17, 15) is 13.2 Å². The van der Waals surface area contributed by atoms with Gasteiger partial charge >= 0.3 is 0 Å². The van der Waals surface area contributed by atoms with E-state index in [1.807, 2.05) is 37.3 Å². The molecule has 0 aliphatic rings. The molecule has 140 valence electrons. The number of hydrogen-bond acceptors (Lipinski definition) is 4. The zero-order valence-corrected chi connectivity index (χ0v) is 15.6. The van der Waals surface area contributed by atoms with Crippen LogP contribution < -0.4 is 14.8 Å². The van der Waals surface area contributed by atoms with Crippen LogP contribution in [0.2, 0.25) is 0 Å². The topological polar surface area (TPSA) is 84.5 Å². The van der Waals surface area contributed by atoms with E-state index < -0.39 is 10.0 Å². The van der Waals surface area contributed by atoms with Crippen molar-refractivity contribution in [1.82, 2.24) is 10.0 Å². The molecule has 0 unspecified atom stereocenters. The van der Waals surface area contributed by atoms with Gasteiger partial charge in [-0.15, -0.1) is 0 Å². The number of rotatable bonds is 10. The molecule has 0 aliphatic heterocycles. The highest BCUT2D eigenvalue weighted by Crippen LogP contribution is 2.15. The van der Waals surface area contributed by atoms with Crippen molar-refractivity contribution in [3.05, 3.63) is 60.2 Å². The summed E-state index contributed by atoms with van der Waals surface area (Å²) in [5.74, 6) is 0.194. The molecule has 0 heterocycles. The molecule has 0 radical (unpaired) electrons. The summed E-state index contributed by atoms with van der Waals surface area (Å²) < 4.78 is 32.1. The highest BCUT2D eigenvalue weighted by Gasteiger charge is 2.13. The van der Waals surface area contributed by atoms with E-state index in [-0.39, 0.29) is 17.4 Å². The molecule has 0 saturated carbocycles. The first-order chi connectivity index (χ1) is 12.5. The van der Waals surface area contributed by atoms with Gasteiger partial charge in [-0.1, -0.05) is 43.7 Å². The van der Waals surface area contributed by atoms with Crippen molar-refractivity contribution in [3.63, 3.8) is 0 Å². The third kappa shape index (κ3) is 6.50. The summed E-state index contributed by atoms with van der Waals surface area (Å²) in [5.41, 5.74) is 1.01. The number of unbranched alkanes of at least 4 members (excludes halogenated alkanes) is 1. The van der Waals surface area contributed by atoms with Gasteiger partial charge in [-0.25, -0.2) is 13.1 Å². The van der Waals surface area contributed by atoms with Crippen molar-refractivity contribution in [1.29, 1.82) is 0 Å². The lowest BCUT2D eigenvalue weighted by atomic mass is 10.2. The van der Waals surface area contributed by atoms with E-state index in [2.05, 4.69) is 10.0 Å². The van der Waals surface area contributed by atoms with Crippen molar-refractivity contribution in [2.24, 2.45) is 0 Å². The fraction of sp³-hybridized carbons (Fsp3) is 0.316. The monoisotopic (exact) mass is 376 g/mol. The fourth-order valence-corrected chi connectivity index (χ4v) is 3.25. The number of ether oxygens (including phenoxy) is 1. The van der Waals surface area contributed by atoms with Gasteiger partial charge in [0.05, 0.1) is 4.90 Å². The minimum atomic E-state index is -3.50. The molecule has 0 bridgehead atoms. The van der Waals surface area contributed by atoms with Crippen LogP contribution in [0.25, 0.3) is 0 Å². The standard InChI is InChI=1S/C19H24N2O4S/c1-2-3-13-21-26(23,24)18-11-9-17(10-12-18)25-15-19(22)20-14-16-7-5-4-6-8-16/h4-12,21H,2-3,13-15H2,1H3,(H,20,22). The third-order valence-electron chi connectivity index (χ3n) is 3.66. The van der Waals surface area contributed by atoms with Gasteiger partial charge in [0.2, 0.25) is 10.0 Å². The van der Waals surface area contributed by atoms with Crippen LogP contribution in [0.1, 0.15) is 25.3 Å². The minimum absolute atomic E-state index is 0.131. The SMILES string of the molecule is CCCCNS(=O)(=O)c1ccc(OCC(=O)NCc2ccccc2)cc1. The van der Waals surface area contributed by atoms with Crippen LogP contribution in [0.4, 0.5) is 0 Å². The molecule has 2 aromatic carbocycles. The predicted octanol–water partition coefficient (Wildman–Crippen LogP) is 2.46. The molecule has 2 aromatic rings. The Morgan fingerprint density at radius 2 is 1.73 bits per heavy atom. The summed E-state index contributed by atoms with van der Waals surface area (Å²) in [5, 5.41) is 2.76. The summed E-state index contributed by atoms with van der Waals surface area (Å²) in [4.78, 5) is 12.0. The van der Waals surface area contributed by atoms with Gasteiger partial charge in [0, 0.05) is 13.1 Å². The first kappa shape index (κ1) is 19.9. The molecule has 2 rings (SSSR count). The molecule has 0 atom stereocenters. The van der Waals surface area contributed by atoms with Crippen molar-refractivity contribution >= 4 is 15.9 Å². The predicted molar refractivity (Wildman–Crippen MR) is 100 cm³/mol. The lowest BCUT2D eigenvalue weighted by molar-refractivity contribution is -0.123. The summed E-state index contributed by atoms with van der Waals surface area (Å²) in [7, 11) is -3.50. The summed E-state index contributed by atoms with van der Waals surface area (Å²) in [6, 6.07) is 15.6. The van der Waals surface area contributed by atoms with Crippen molar-refractivity contribution < 1.29 is 17.9 Å². The molecule has 0 spiro atoms. The summed E-state index contributed by atoms with van der Waals surface area (Å²) in [6.07, 6.45) is 1.71. The molecule has 2 N–H and O–H groups in total. The number of nitrogens with one attached hydrogen (secondary N) is 2. The smallest absolute Gasteiger partial charge is 0.258 e. The molecule has 7 heteroatoms. The van der Waals surface area contributed by atoms with Gasteiger partial charge in [-0.2, -0.15) is 0 Å². The molecule has 0 aliphatic carbocycles. The van der Waals surface area contributed by atoms with Gasteiger partial charge in [0.15, 0.2) is 6.61 Å². The first-order valence-electron chi connectivity index (χ1n) is 8.54. The maximum atomic E-state index is 12.1. The van der Waals surface area contributed by atoms with Gasteiger partial charge < -0.3 is 10.1 Å². The van der Waals surface area contributed by atoms with Gasteiger partial charge in [-0.05, 0) is 36.2 Å². The van der Waals surface area contributed by atoms with Crippen LogP contribution >= 0.6 is 0 Å². The average Bonchev–Trinajstić information content (AvgIpc) is 2.66. The lowest BCUT2D eigenvalue weighted by Crippen LogP contribution is -2.28. The lowest BCUT2D eigenvalue weighted by Gasteiger charge is -2.09. The Hall–Kier alpha value is -2.38. The van der Waals surface area contributed by atoms with Crippen LogP contribution in [0.5, 0.6) is 5.75 Å². The largest absolute Gasteiger partial charge is 0.484 e. The fourth-order valence-electron chi connectivity index (χ4n) is 2.18. The summed E-state index contributed by atoms with van der Waals surface area (Å²) >= 11 is 0. The number of benzene rings is 2. The van der Waals surface area contributed by atoms with Gasteiger partial charge in [0.25, 0.3) is 5.91 Å². The molecule has 0 fully saturated rings. The third-order valence-corrected chi connectivity index (χ3v) is 5.14. The van der Waals surface area contributed by atoms with E-state index in [4.69, 9.17) is 4.74 Å². The van der Waals surface area contributed by atoms with E-state index in [1.54, 1.807) is 12.1 Å². The molecule has 0 aromatic heterocycles. The highest BCUT2D eigenvalue weighted by atomic mass is 32.2. The quantitative estimate of drug-likeness (QED) is 0.624. The van der Waals surface area contributed by atoms with Crippen LogP contribution in [0.15, 0.2) is 59.5 Å². The van der Waals surface area contributed by atoms with Crippen molar-refractivity contribution in [3.8, 4) is 5.75 Å². The van der Waals surface area contributed by atoms with Crippen LogP contribution in [-0.4, -0.2) is 27.5 Å². The maximum Gasteiger partial charge on any atom is 0.258 e. The van der Waals surface area contributed by atoms with Gasteiger partial charge in [0.1, 0.15) is 5.75 Å². The number of amides is 1. The van der Waals surface area contributed by atoms with E-state index >= 15 is 0 Å². The zero-order chi connectivity index (χ0) is 18.8. The van der Waals surface area contributed by atoms with E-state index in [0.29, 0.717) is 18.8 Å². The maximum absolute atomic E-state index is 12.1. The second-order valence-corrected chi connectivity index (χ2v) is 7.54. The Kier molecular flexibility index (Phi) is 7.62. The van der Waals surface area contributed by atoms with Crippen LogP contribution in [0.3, 0.4) is 0 Å². The van der Waals surface area contributed by atoms with Crippen molar-refractivity contribution in [2.75, 3.05) is 13.2 Å². The second-order valence-electron chi connectivity index (χ2n) is 5.77.